The van der Waals surface area contributed by atoms with Crippen molar-refractivity contribution in [1.29, 1.82) is 0 Å². The lowest BCUT2D eigenvalue weighted by Crippen LogP contribution is -2.26. The Kier molecular flexibility index (Phi) is 5.41. The molecule has 1 heterocycles. The molecule has 7 heteroatoms. The first-order valence-corrected chi connectivity index (χ1v) is 8.69. The maximum atomic E-state index is 13.3. The molecule has 1 aromatic heterocycles. The van der Waals surface area contributed by atoms with E-state index in [2.05, 4.69) is 4.98 Å². The first kappa shape index (κ1) is 19.2. The highest BCUT2D eigenvalue weighted by molar-refractivity contribution is 5.76. The molecule has 1 unspecified atom stereocenters. The lowest BCUT2D eigenvalue weighted by molar-refractivity contribution is -0.147. The molecule has 0 saturated carbocycles. The largest absolute Gasteiger partial charge is 0.491 e. The fraction of sp³-hybridized carbons (Fsp3) is 0.350. The third-order valence-electron chi connectivity index (χ3n) is 4.27. The summed E-state index contributed by atoms with van der Waals surface area (Å²) in [5.74, 6) is -0.170. The highest BCUT2D eigenvalue weighted by atomic mass is 19.4. The number of hydrogen-bond acceptors (Lipinski definition) is 3. The van der Waals surface area contributed by atoms with Gasteiger partial charge in [0, 0.05) is 0 Å². The molecule has 0 bridgehead atoms. The van der Waals surface area contributed by atoms with Gasteiger partial charge in [0.25, 0.3) is 0 Å². The SMILES string of the molecule is CC(C)c1ccccc1OCC(O)Cn1c(C(F)(F)F)nc2ccccc21. The third-order valence-corrected chi connectivity index (χ3v) is 4.27. The quantitative estimate of drug-likeness (QED) is 0.681. The molecule has 0 aliphatic heterocycles. The van der Waals surface area contributed by atoms with Crippen LogP contribution in [0.1, 0.15) is 31.2 Å². The fourth-order valence-corrected chi connectivity index (χ4v) is 3.02. The minimum Gasteiger partial charge on any atom is -0.491 e. The Hall–Kier alpha value is -2.54. The predicted molar refractivity (Wildman–Crippen MR) is 96.8 cm³/mol. The predicted octanol–water partition coefficient (Wildman–Crippen LogP) is 4.62. The first-order chi connectivity index (χ1) is 12.8. The maximum Gasteiger partial charge on any atom is 0.449 e. The van der Waals surface area contributed by atoms with Crippen LogP contribution in [0.2, 0.25) is 0 Å². The van der Waals surface area contributed by atoms with Crippen LogP contribution in [0, 0.1) is 0 Å². The van der Waals surface area contributed by atoms with Gasteiger partial charge in [0.15, 0.2) is 0 Å². The van der Waals surface area contributed by atoms with E-state index in [0.717, 1.165) is 10.1 Å². The molecular weight excluding hydrogens is 357 g/mol. The summed E-state index contributed by atoms with van der Waals surface area (Å²) in [7, 11) is 0. The zero-order valence-corrected chi connectivity index (χ0v) is 15.1. The van der Waals surface area contributed by atoms with E-state index in [-0.39, 0.29) is 24.6 Å². The van der Waals surface area contributed by atoms with Gasteiger partial charge in [0.2, 0.25) is 5.82 Å². The Balaban J connectivity index is 1.80. The second-order valence-corrected chi connectivity index (χ2v) is 6.69. The Morgan fingerprint density at radius 3 is 2.44 bits per heavy atom. The summed E-state index contributed by atoms with van der Waals surface area (Å²) in [5, 5.41) is 10.3. The van der Waals surface area contributed by atoms with Crippen molar-refractivity contribution < 1.29 is 23.0 Å². The highest BCUT2D eigenvalue weighted by Gasteiger charge is 2.38. The standard InChI is InChI=1S/C20H21F3N2O2/c1-13(2)15-7-3-6-10-18(15)27-12-14(26)11-25-17-9-5-4-8-16(17)24-19(25)20(21,22)23/h3-10,13-14,26H,11-12H2,1-2H3. The lowest BCUT2D eigenvalue weighted by Gasteiger charge is -2.18. The van der Waals surface area contributed by atoms with Gasteiger partial charge >= 0.3 is 6.18 Å². The molecule has 3 rings (SSSR count). The molecule has 3 aromatic rings. The van der Waals surface area contributed by atoms with Gasteiger partial charge in [-0.1, -0.05) is 44.2 Å². The second kappa shape index (κ2) is 7.60. The number of imidazole rings is 1. The molecular formula is C20H21F3N2O2. The van der Waals surface area contributed by atoms with Crippen LogP contribution in [0.4, 0.5) is 13.2 Å². The molecule has 27 heavy (non-hydrogen) atoms. The van der Waals surface area contributed by atoms with E-state index in [1.807, 2.05) is 32.0 Å². The fourth-order valence-electron chi connectivity index (χ4n) is 3.02. The van der Waals surface area contributed by atoms with Gasteiger partial charge in [-0.15, -0.1) is 0 Å². The molecule has 0 aliphatic carbocycles. The smallest absolute Gasteiger partial charge is 0.449 e. The van der Waals surface area contributed by atoms with E-state index in [4.69, 9.17) is 4.74 Å². The summed E-state index contributed by atoms with van der Waals surface area (Å²) in [6.45, 7) is 3.66. The van der Waals surface area contributed by atoms with Crippen molar-refractivity contribution in [2.24, 2.45) is 0 Å². The average Bonchev–Trinajstić information content (AvgIpc) is 2.99. The number of fused-ring (bicyclic) bond motifs is 1. The van der Waals surface area contributed by atoms with E-state index in [1.165, 1.54) is 6.07 Å². The summed E-state index contributed by atoms with van der Waals surface area (Å²) in [6.07, 6.45) is -5.73. The number of benzene rings is 2. The van der Waals surface area contributed by atoms with E-state index < -0.39 is 18.1 Å². The van der Waals surface area contributed by atoms with Crippen molar-refractivity contribution in [3.63, 3.8) is 0 Å². The van der Waals surface area contributed by atoms with E-state index in [9.17, 15) is 18.3 Å². The van der Waals surface area contributed by atoms with Crippen LogP contribution in [-0.4, -0.2) is 27.4 Å². The number of para-hydroxylation sites is 3. The summed E-state index contributed by atoms with van der Waals surface area (Å²) in [6, 6.07) is 13.8. The van der Waals surface area contributed by atoms with Gasteiger partial charge in [-0.2, -0.15) is 13.2 Å². The Morgan fingerprint density at radius 2 is 1.74 bits per heavy atom. The number of aliphatic hydroxyl groups is 1. The van der Waals surface area contributed by atoms with Crippen LogP contribution >= 0.6 is 0 Å². The number of nitrogens with zero attached hydrogens (tertiary/aromatic N) is 2. The number of ether oxygens (including phenoxy) is 1. The Bertz CT molecular complexity index is 919. The van der Waals surface area contributed by atoms with Gasteiger partial charge < -0.3 is 14.4 Å². The minimum absolute atomic E-state index is 0.118. The van der Waals surface area contributed by atoms with Crippen molar-refractivity contribution in [3.05, 3.63) is 59.9 Å². The van der Waals surface area contributed by atoms with Crippen LogP contribution in [0.3, 0.4) is 0 Å². The Morgan fingerprint density at radius 1 is 1.07 bits per heavy atom. The lowest BCUT2D eigenvalue weighted by atomic mass is 10.0. The number of aromatic nitrogens is 2. The zero-order valence-electron chi connectivity index (χ0n) is 15.1. The molecule has 1 N–H and O–H groups in total. The highest BCUT2D eigenvalue weighted by Crippen LogP contribution is 2.32. The van der Waals surface area contributed by atoms with Crippen molar-refractivity contribution >= 4 is 11.0 Å². The van der Waals surface area contributed by atoms with E-state index in [1.54, 1.807) is 24.3 Å². The van der Waals surface area contributed by atoms with Gasteiger partial charge in [-0.05, 0) is 29.7 Å². The molecule has 0 saturated heterocycles. The van der Waals surface area contributed by atoms with Gasteiger partial charge in [-0.25, -0.2) is 4.98 Å². The first-order valence-electron chi connectivity index (χ1n) is 8.69. The van der Waals surface area contributed by atoms with E-state index >= 15 is 0 Å². The molecule has 1 atom stereocenters. The monoisotopic (exact) mass is 378 g/mol. The van der Waals surface area contributed by atoms with Gasteiger partial charge in [-0.3, -0.25) is 0 Å². The number of alkyl halides is 3. The molecule has 4 nitrogen and oxygen atoms in total. The van der Waals surface area contributed by atoms with Crippen LogP contribution < -0.4 is 4.74 Å². The molecule has 0 amide bonds. The number of aliphatic hydroxyl groups excluding tert-OH is 1. The number of halogens is 3. The number of rotatable bonds is 6. The zero-order chi connectivity index (χ0) is 19.6. The topological polar surface area (TPSA) is 47.3 Å². The van der Waals surface area contributed by atoms with Crippen LogP contribution in [0.15, 0.2) is 48.5 Å². The van der Waals surface area contributed by atoms with E-state index in [0.29, 0.717) is 11.3 Å². The average molecular weight is 378 g/mol. The van der Waals surface area contributed by atoms with Crippen molar-refractivity contribution in [3.8, 4) is 5.75 Å². The number of hydrogen-bond donors (Lipinski definition) is 1. The van der Waals surface area contributed by atoms with Crippen molar-refractivity contribution in [2.75, 3.05) is 6.61 Å². The van der Waals surface area contributed by atoms with Crippen LogP contribution in [0.25, 0.3) is 11.0 Å². The molecule has 0 spiro atoms. The molecule has 144 valence electrons. The maximum absolute atomic E-state index is 13.3. The minimum atomic E-state index is -4.61. The third kappa shape index (κ3) is 4.24. The van der Waals surface area contributed by atoms with Gasteiger partial charge in [0.1, 0.15) is 18.5 Å². The van der Waals surface area contributed by atoms with Crippen molar-refractivity contribution in [2.45, 2.75) is 38.6 Å². The Labute approximate surface area is 155 Å². The molecule has 0 radical (unpaired) electrons. The van der Waals surface area contributed by atoms with Crippen LogP contribution in [-0.2, 0) is 12.7 Å². The summed E-state index contributed by atoms with van der Waals surface area (Å²) < 4.78 is 46.7. The normalized spacial score (nSPS) is 13.3. The second-order valence-electron chi connectivity index (χ2n) is 6.69. The van der Waals surface area contributed by atoms with Crippen LogP contribution in [0.5, 0.6) is 5.75 Å². The van der Waals surface area contributed by atoms with Gasteiger partial charge in [0.05, 0.1) is 17.6 Å². The molecule has 0 aliphatic rings. The van der Waals surface area contributed by atoms with Crippen molar-refractivity contribution in [1.82, 2.24) is 9.55 Å². The molecule has 2 aromatic carbocycles. The summed E-state index contributed by atoms with van der Waals surface area (Å²) >= 11 is 0. The summed E-state index contributed by atoms with van der Waals surface area (Å²) in [5.41, 5.74) is 1.54. The summed E-state index contributed by atoms with van der Waals surface area (Å²) in [4.78, 5) is 3.68. The molecule has 0 fully saturated rings.